The number of rotatable bonds is 7. The maximum atomic E-state index is 10.9. The van der Waals surface area contributed by atoms with Crippen molar-refractivity contribution < 1.29 is 8.22 Å². The first-order valence-electron chi connectivity index (χ1n) is 31.3. The van der Waals surface area contributed by atoms with Gasteiger partial charge in [-0.3, -0.25) is 0 Å². The molecule has 3 aromatic heterocycles. The highest BCUT2D eigenvalue weighted by Gasteiger charge is 2.41. The molecule has 0 aliphatic rings. The Labute approximate surface area is 482 Å². The molecule has 0 fully saturated rings. The highest BCUT2D eigenvalue weighted by atomic mass is 28.3. The Morgan fingerprint density at radius 3 is 0.887 bits per heavy atom. The molecule has 4 heteroatoms. The van der Waals surface area contributed by atoms with E-state index in [1.807, 2.05) is 44.0 Å². The van der Waals surface area contributed by atoms with E-state index >= 15 is 0 Å². The molecule has 0 saturated carbocycles. The fourth-order valence-electron chi connectivity index (χ4n) is 12.4. The summed E-state index contributed by atoms with van der Waals surface area (Å²) < 4.78 is 69.5. The van der Waals surface area contributed by atoms with Gasteiger partial charge in [0.15, 0.2) is 8.07 Å². The van der Waals surface area contributed by atoms with Gasteiger partial charge in [-0.05, 0) is 162 Å². The largest absolute Gasteiger partial charge is 0.309 e. The lowest BCUT2D eigenvalue weighted by atomic mass is 9.85. The summed E-state index contributed by atoms with van der Waals surface area (Å²) in [4.78, 5) is 0. The van der Waals surface area contributed by atoms with Crippen LogP contribution in [0.25, 0.3) is 82.5 Å². The second kappa shape index (κ2) is 18.4. The van der Waals surface area contributed by atoms with Crippen molar-refractivity contribution in [2.24, 2.45) is 0 Å². The van der Waals surface area contributed by atoms with Crippen LogP contribution < -0.4 is 20.7 Å². The van der Waals surface area contributed by atoms with Gasteiger partial charge in [0.05, 0.1) is 41.3 Å². The molecule has 0 N–H and O–H groups in total. The normalized spacial score (nSPS) is 14.1. The molecular formula is C76H73N3Si. The van der Waals surface area contributed by atoms with Gasteiger partial charge in [0, 0.05) is 49.4 Å². The summed E-state index contributed by atoms with van der Waals surface area (Å²) in [6.45, 7) is 26.5. The van der Waals surface area contributed by atoms with Crippen LogP contribution in [0.5, 0.6) is 0 Å². The molecular weight excluding hydrogens is 983 g/mol. The van der Waals surface area contributed by atoms with Gasteiger partial charge < -0.3 is 13.7 Å². The quantitative estimate of drug-likeness (QED) is 0.112. The minimum atomic E-state index is -3.17. The minimum absolute atomic E-state index is 0.0375. The Morgan fingerprint density at radius 2 is 0.575 bits per heavy atom. The zero-order chi connectivity index (χ0) is 60.9. The van der Waals surface area contributed by atoms with Gasteiger partial charge in [0.2, 0.25) is 0 Å². The fraction of sp³-hybridized carbons (Fsp3) is 0.211. The fourth-order valence-corrected chi connectivity index (χ4v) is 17.2. The summed E-state index contributed by atoms with van der Waals surface area (Å²) >= 11 is 0. The molecule has 0 amide bonds. The van der Waals surface area contributed by atoms with Crippen LogP contribution in [0.1, 0.15) is 114 Å². The molecule has 80 heavy (non-hydrogen) atoms. The van der Waals surface area contributed by atoms with E-state index in [1.54, 1.807) is 0 Å². The number of benzene rings is 10. The first kappa shape index (κ1) is 44.6. The average molecular weight is 1060 g/mol. The van der Waals surface area contributed by atoms with Crippen molar-refractivity contribution in [3.8, 4) is 17.1 Å². The Bertz CT molecular complexity index is 4450. The lowest BCUT2D eigenvalue weighted by Crippen LogP contribution is -2.74. The Morgan fingerprint density at radius 1 is 0.275 bits per heavy atom. The van der Waals surface area contributed by atoms with Crippen molar-refractivity contribution in [3.63, 3.8) is 0 Å². The number of hydrogen-bond donors (Lipinski definition) is 0. The van der Waals surface area contributed by atoms with Gasteiger partial charge in [-0.1, -0.05) is 210 Å². The third-order valence-corrected chi connectivity index (χ3v) is 21.6. The number of hydrogen-bond acceptors (Lipinski definition) is 0. The topological polar surface area (TPSA) is 14.8 Å². The van der Waals surface area contributed by atoms with Gasteiger partial charge in [-0.2, -0.15) is 0 Å². The number of nitrogens with zero attached hydrogens (tertiary/aromatic N) is 3. The predicted octanol–water partition coefficient (Wildman–Crippen LogP) is 17.5. The molecule has 0 spiro atoms. The summed E-state index contributed by atoms with van der Waals surface area (Å²) in [5.74, 6) is 0. The molecule has 0 bridgehead atoms. The molecule has 0 radical (unpaired) electrons. The SMILES string of the molecule is [2H]c1c(-n2c3ccc(C(C)(C)C)cc3c3cc(C(C)(C)C)ccc32)c([2H])c2c3c([2H])c(-n4c5ccc(C(C)(C)C)cc5c5cc(C(C)(C)C)ccc54)c([2H])c([2H])c3n(-c3cccc([Si](c4ccccc4)(c4ccccc4)c4ccccc4)c3)c2c1[2H]. The summed E-state index contributed by atoms with van der Waals surface area (Å²) in [7, 11) is -3.17. The van der Waals surface area contributed by atoms with Crippen molar-refractivity contribution >= 4 is 94.2 Å². The van der Waals surface area contributed by atoms with Gasteiger partial charge >= 0.3 is 0 Å². The van der Waals surface area contributed by atoms with Crippen LogP contribution in [-0.4, -0.2) is 21.8 Å². The molecule has 0 saturated heterocycles. The molecule has 0 aliphatic heterocycles. The zero-order valence-corrected chi connectivity index (χ0v) is 49.2. The first-order valence-corrected chi connectivity index (χ1v) is 30.3. The molecule has 13 rings (SSSR count). The molecule has 13 aromatic rings. The average Bonchev–Trinajstić information content (AvgIpc) is 1.52. The summed E-state index contributed by atoms with van der Waals surface area (Å²) in [6, 6.07) is 65.6. The van der Waals surface area contributed by atoms with Crippen LogP contribution in [0.15, 0.2) is 224 Å². The maximum absolute atomic E-state index is 10.9. The Balaban J connectivity index is 1.20. The summed E-state index contributed by atoms with van der Waals surface area (Å²) in [5.41, 5.74) is 8.64. The van der Waals surface area contributed by atoms with E-state index in [-0.39, 0.29) is 91.1 Å². The minimum Gasteiger partial charge on any atom is -0.309 e. The zero-order valence-electron chi connectivity index (χ0n) is 54.2. The maximum Gasteiger partial charge on any atom is 0.179 e. The molecule has 10 aromatic carbocycles. The Kier molecular flexibility index (Phi) is 10.3. The highest BCUT2D eigenvalue weighted by molar-refractivity contribution is 7.19. The van der Waals surface area contributed by atoms with Gasteiger partial charge in [-0.25, -0.2) is 0 Å². The monoisotopic (exact) mass is 1060 g/mol. The van der Waals surface area contributed by atoms with E-state index < -0.39 is 8.07 Å². The van der Waals surface area contributed by atoms with E-state index in [0.717, 1.165) is 71.1 Å². The van der Waals surface area contributed by atoms with E-state index in [9.17, 15) is 8.22 Å². The van der Waals surface area contributed by atoms with Crippen molar-refractivity contribution in [3.05, 3.63) is 247 Å². The van der Waals surface area contributed by atoms with Crippen LogP contribution in [0, 0.1) is 0 Å². The standard InChI is InChI=1S/C76H73N3Si/c1-73(2,3)50-31-37-67-61(43-50)62-44-51(74(4,5)6)32-38-68(62)78(67)55-35-41-71-65(48-55)66-49-56(79-69-39-33-52(75(7,8)9)45-63(69)64-46-53(76(10,11)12)34-40-70(64)79)36-42-72(66)77(71)54-23-22-30-60(47-54)80(57-24-16-13-17-25-57,58-26-18-14-19-27-58)59-28-20-15-21-29-59/h13-49H,1-12H3/i35D,36D,41D,42D,48D,49D. The molecule has 0 unspecified atom stereocenters. The van der Waals surface area contributed by atoms with Crippen molar-refractivity contribution in [1.82, 2.24) is 13.7 Å². The molecule has 3 nitrogen and oxygen atoms in total. The van der Waals surface area contributed by atoms with Crippen molar-refractivity contribution in [2.75, 3.05) is 0 Å². The van der Waals surface area contributed by atoms with Gasteiger partial charge in [0.25, 0.3) is 0 Å². The van der Waals surface area contributed by atoms with E-state index in [4.69, 9.17) is 0 Å². The Hall–Kier alpha value is -8.18. The van der Waals surface area contributed by atoms with Crippen LogP contribution in [-0.2, 0) is 21.7 Å². The van der Waals surface area contributed by atoms with Crippen molar-refractivity contribution in [1.29, 1.82) is 0 Å². The second-order valence-corrected chi connectivity index (χ2v) is 30.0. The summed E-state index contributed by atoms with van der Waals surface area (Å²) in [6.07, 6.45) is 0. The third kappa shape index (κ3) is 8.28. The lowest BCUT2D eigenvalue weighted by Gasteiger charge is -2.34. The van der Waals surface area contributed by atoms with Crippen LogP contribution in [0.3, 0.4) is 0 Å². The summed E-state index contributed by atoms with van der Waals surface area (Å²) in [5, 5.41) is 9.03. The van der Waals surface area contributed by atoms with Crippen molar-refractivity contribution in [2.45, 2.75) is 105 Å². The number of fused-ring (bicyclic) bond motifs is 9. The third-order valence-electron chi connectivity index (χ3n) is 16.9. The van der Waals surface area contributed by atoms with Gasteiger partial charge in [-0.15, -0.1) is 0 Å². The lowest BCUT2D eigenvalue weighted by molar-refractivity contribution is 0.590. The van der Waals surface area contributed by atoms with Crippen LogP contribution in [0.4, 0.5) is 0 Å². The van der Waals surface area contributed by atoms with Gasteiger partial charge in [0.1, 0.15) is 0 Å². The smallest absolute Gasteiger partial charge is 0.179 e. The molecule has 0 atom stereocenters. The number of aromatic nitrogens is 3. The van der Waals surface area contributed by atoms with E-state index in [0.29, 0.717) is 5.69 Å². The molecule has 0 aliphatic carbocycles. The van der Waals surface area contributed by atoms with E-state index in [2.05, 4.69) is 241 Å². The highest BCUT2D eigenvalue weighted by Crippen LogP contribution is 2.43. The second-order valence-electron chi connectivity index (χ2n) is 26.2. The molecule has 3 heterocycles. The predicted molar refractivity (Wildman–Crippen MR) is 348 cm³/mol. The molecule has 396 valence electrons. The van der Waals surface area contributed by atoms with Crippen LogP contribution in [0.2, 0.25) is 0 Å². The van der Waals surface area contributed by atoms with E-state index in [1.165, 1.54) is 15.6 Å². The van der Waals surface area contributed by atoms with Crippen LogP contribution >= 0.6 is 0 Å². The first-order chi connectivity index (χ1) is 40.7.